The minimum Gasteiger partial charge on any atom is -0.310 e. The summed E-state index contributed by atoms with van der Waals surface area (Å²) in [6.07, 6.45) is 1.25. The number of nitrogens with zero attached hydrogens (tertiary/aromatic N) is 2. The highest BCUT2D eigenvalue weighted by Gasteiger charge is 2.38. The van der Waals surface area contributed by atoms with Crippen LogP contribution >= 0.6 is 0 Å². The van der Waals surface area contributed by atoms with Crippen molar-refractivity contribution in [3.05, 3.63) is 35.9 Å². The van der Waals surface area contributed by atoms with Gasteiger partial charge in [0.15, 0.2) is 0 Å². The van der Waals surface area contributed by atoms with Crippen LogP contribution in [-0.2, 0) is 0 Å². The molecular formula is C17H27N3. The fourth-order valence-electron chi connectivity index (χ4n) is 3.70. The number of rotatable bonds is 2. The quantitative estimate of drug-likeness (QED) is 0.890. The van der Waals surface area contributed by atoms with Gasteiger partial charge in [0.2, 0.25) is 0 Å². The molecule has 2 aliphatic heterocycles. The lowest BCUT2D eigenvalue weighted by Gasteiger charge is -2.43. The number of hydrogen-bond donors (Lipinski definition) is 1. The van der Waals surface area contributed by atoms with Gasteiger partial charge in [0.05, 0.1) is 0 Å². The smallest absolute Gasteiger partial charge is 0.0479 e. The molecule has 0 bridgehead atoms. The van der Waals surface area contributed by atoms with Gasteiger partial charge in [-0.15, -0.1) is 0 Å². The molecule has 0 aromatic heterocycles. The summed E-state index contributed by atoms with van der Waals surface area (Å²) in [5.41, 5.74) is 1.75. The van der Waals surface area contributed by atoms with E-state index in [2.05, 4.69) is 66.3 Å². The second-order valence-electron chi connectivity index (χ2n) is 7.05. The molecular weight excluding hydrogens is 246 g/mol. The minimum absolute atomic E-state index is 0.287. The van der Waals surface area contributed by atoms with E-state index in [-0.39, 0.29) is 5.54 Å². The summed E-state index contributed by atoms with van der Waals surface area (Å²) in [7, 11) is 2.24. The maximum Gasteiger partial charge on any atom is 0.0479 e. The molecule has 1 aromatic rings. The van der Waals surface area contributed by atoms with Gasteiger partial charge in [0, 0.05) is 43.8 Å². The van der Waals surface area contributed by atoms with Crippen LogP contribution in [0.2, 0.25) is 0 Å². The van der Waals surface area contributed by atoms with E-state index in [9.17, 15) is 0 Å². The molecule has 2 heterocycles. The van der Waals surface area contributed by atoms with Crippen molar-refractivity contribution in [2.45, 2.75) is 37.9 Å². The van der Waals surface area contributed by atoms with Crippen LogP contribution in [0.5, 0.6) is 0 Å². The average molecular weight is 273 g/mol. The number of benzene rings is 1. The molecule has 2 saturated heterocycles. The third kappa shape index (κ3) is 2.90. The Morgan fingerprint density at radius 2 is 1.90 bits per heavy atom. The summed E-state index contributed by atoms with van der Waals surface area (Å²) in [6, 6.07) is 12.2. The van der Waals surface area contributed by atoms with Gasteiger partial charge >= 0.3 is 0 Å². The summed E-state index contributed by atoms with van der Waals surface area (Å²) in [5, 5.41) is 3.67. The monoisotopic (exact) mass is 273 g/mol. The molecule has 0 amide bonds. The first-order chi connectivity index (χ1) is 9.55. The topological polar surface area (TPSA) is 18.5 Å². The van der Waals surface area contributed by atoms with Gasteiger partial charge in [0.1, 0.15) is 0 Å². The highest BCUT2D eigenvalue weighted by atomic mass is 15.3. The van der Waals surface area contributed by atoms with Gasteiger partial charge in [-0.1, -0.05) is 30.3 Å². The molecule has 0 spiro atoms. The molecule has 3 rings (SSSR count). The van der Waals surface area contributed by atoms with Crippen LogP contribution in [0, 0.1) is 0 Å². The summed E-state index contributed by atoms with van der Waals surface area (Å²) < 4.78 is 0. The summed E-state index contributed by atoms with van der Waals surface area (Å²) in [4.78, 5) is 5.19. The zero-order valence-corrected chi connectivity index (χ0v) is 13.0. The Hall–Kier alpha value is -0.900. The normalized spacial score (nSPS) is 31.6. The van der Waals surface area contributed by atoms with Gasteiger partial charge in [-0.2, -0.15) is 0 Å². The number of likely N-dealkylation sites (N-methyl/N-ethyl adjacent to an activating group) is 1. The van der Waals surface area contributed by atoms with Crippen molar-refractivity contribution in [1.29, 1.82) is 0 Å². The van der Waals surface area contributed by atoms with E-state index < -0.39 is 0 Å². The van der Waals surface area contributed by atoms with Crippen LogP contribution in [0.1, 0.15) is 31.9 Å². The molecule has 110 valence electrons. The Bertz CT molecular complexity index is 443. The molecule has 1 aromatic carbocycles. The van der Waals surface area contributed by atoms with E-state index in [1.807, 2.05) is 0 Å². The molecule has 0 saturated carbocycles. The Kier molecular flexibility index (Phi) is 3.85. The number of piperazine rings is 1. The largest absolute Gasteiger partial charge is 0.310 e. The third-order valence-electron chi connectivity index (χ3n) is 4.84. The molecule has 2 atom stereocenters. The highest BCUT2D eigenvalue weighted by Crippen LogP contribution is 2.31. The summed E-state index contributed by atoms with van der Waals surface area (Å²) >= 11 is 0. The maximum atomic E-state index is 3.67. The molecule has 20 heavy (non-hydrogen) atoms. The van der Waals surface area contributed by atoms with Gasteiger partial charge in [0.25, 0.3) is 0 Å². The Labute approximate surface area is 123 Å². The van der Waals surface area contributed by atoms with Crippen molar-refractivity contribution in [1.82, 2.24) is 15.1 Å². The summed E-state index contributed by atoms with van der Waals surface area (Å²) in [5.74, 6) is 0. The van der Waals surface area contributed by atoms with Crippen LogP contribution in [0.3, 0.4) is 0 Å². The van der Waals surface area contributed by atoms with E-state index >= 15 is 0 Å². The molecule has 3 nitrogen and oxygen atoms in total. The van der Waals surface area contributed by atoms with Crippen LogP contribution in [0.15, 0.2) is 30.3 Å². The third-order valence-corrected chi connectivity index (χ3v) is 4.84. The summed E-state index contributed by atoms with van der Waals surface area (Å²) in [6.45, 7) is 9.26. The lowest BCUT2D eigenvalue weighted by Crippen LogP contribution is -2.51. The maximum absolute atomic E-state index is 3.67. The highest BCUT2D eigenvalue weighted by molar-refractivity contribution is 5.20. The SMILES string of the molecule is CN1CCN(C2CNC(C)(C)C2)C(c2ccccc2)C1. The first-order valence-corrected chi connectivity index (χ1v) is 7.79. The molecule has 1 N–H and O–H groups in total. The van der Waals surface area contributed by atoms with Gasteiger partial charge < -0.3 is 10.2 Å². The van der Waals surface area contributed by atoms with Crippen molar-refractivity contribution in [3.8, 4) is 0 Å². The predicted molar refractivity (Wildman–Crippen MR) is 83.9 cm³/mol. The second kappa shape index (κ2) is 5.47. The average Bonchev–Trinajstić information content (AvgIpc) is 2.80. The van der Waals surface area contributed by atoms with Crippen molar-refractivity contribution >= 4 is 0 Å². The number of nitrogens with one attached hydrogen (secondary N) is 1. The van der Waals surface area contributed by atoms with Crippen LogP contribution in [-0.4, -0.2) is 54.6 Å². The Morgan fingerprint density at radius 3 is 2.55 bits per heavy atom. The first kappa shape index (κ1) is 14.1. The van der Waals surface area contributed by atoms with Crippen LogP contribution in [0.25, 0.3) is 0 Å². The fraction of sp³-hybridized carbons (Fsp3) is 0.647. The van der Waals surface area contributed by atoms with E-state index in [1.54, 1.807) is 0 Å². The zero-order chi connectivity index (χ0) is 14.2. The van der Waals surface area contributed by atoms with Gasteiger partial charge in [-0.3, -0.25) is 4.90 Å². The van der Waals surface area contributed by atoms with Crippen molar-refractivity contribution < 1.29 is 0 Å². The first-order valence-electron chi connectivity index (χ1n) is 7.79. The molecule has 0 radical (unpaired) electrons. The van der Waals surface area contributed by atoms with Crippen LogP contribution < -0.4 is 5.32 Å². The van der Waals surface area contributed by atoms with Crippen molar-refractivity contribution in [2.75, 3.05) is 33.2 Å². The fourth-order valence-corrected chi connectivity index (χ4v) is 3.70. The van der Waals surface area contributed by atoms with E-state index in [0.29, 0.717) is 12.1 Å². The Morgan fingerprint density at radius 1 is 1.15 bits per heavy atom. The molecule has 2 aliphatic rings. The number of hydrogen-bond acceptors (Lipinski definition) is 3. The van der Waals surface area contributed by atoms with Crippen LogP contribution in [0.4, 0.5) is 0 Å². The van der Waals surface area contributed by atoms with E-state index in [4.69, 9.17) is 0 Å². The van der Waals surface area contributed by atoms with Crippen molar-refractivity contribution in [3.63, 3.8) is 0 Å². The Balaban J connectivity index is 1.81. The molecule has 3 heteroatoms. The molecule has 0 aliphatic carbocycles. The van der Waals surface area contributed by atoms with E-state index in [0.717, 1.165) is 13.1 Å². The zero-order valence-electron chi connectivity index (χ0n) is 13.0. The lowest BCUT2D eigenvalue weighted by atomic mass is 9.96. The standard InChI is InChI=1S/C17H27N3/c1-17(2)11-15(12-18-17)20-10-9-19(3)13-16(20)14-7-5-4-6-8-14/h4-8,15-16,18H,9-13H2,1-3H3. The second-order valence-corrected chi connectivity index (χ2v) is 7.05. The van der Waals surface area contributed by atoms with Gasteiger partial charge in [-0.25, -0.2) is 0 Å². The lowest BCUT2D eigenvalue weighted by molar-refractivity contribution is 0.0559. The molecule has 2 unspecified atom stereocenters. The van der Waals surface area contributed by atoms with Gasteiger partial charge in [-0.05, 0) is 32.9 Å². The minimum atomic E-state index is 0.287. The van der Waals surface area contributed by atoms with E-state index in [1.165, 1.54) is 25.1 Å². The van der Waals surface area contributed by atoms with Crippen molar-refractivity contribution in [2.24, 2.45) is 0 Å². The predicted octanol–water partition coefficient (Wildman–Crippen LogP) is 2.12. The molecule has 2 fully saturated rings.